The van der Waals surface area contributed by atoms with Crippen LogP contribution in [0.25, 0.3) is 0 Å². The topological polar surface area (TPSA) is 18.5 Å². The van der Waals surface area contributed by atoms with Gasteiger partial charge in [0.25, 0.3) is 16.6 Å². The van der Waals surface area contributed by atoms with Crippen molar-refractivity contribution in [1.29, 1.82) is 0 Å². The molecule has 0 aliphatic rings. The van der Waals surface area contributed by atoms with Crippen molar-refractivity contribution in [2.24, 2.45) is 0 Å². The van der Waals surface area contributed by atoms with Crippen molar-refractivity contribution in [3.8, 4) is 11.5 Å². The van der Waals surface area contributed by atoms with Crippen molar-refractivity contribution < 1.29 is 65.9 Å². The second-order valence-corrected chi connectivity index (χ2v) is 22.0. The van der Waals surface area contributed by atoms with Gasteiger partial charge in [0, 0.05) is 6.42 Å². The lowest BCUT2D eigenvalue weighted by Crippen LogP contribution is -2.70. The van der Waals surface area contributed by atoms with Gasteiger partial charge in [-0.05, 0) is 78.3 Å². The number of hydrogen-bond donors (Lipinski definition) is 0. The van der Waals surface area contributed by atoms with Crippen molar-refractivity contribution in [3.05, 3.63) is 23.8 Å². The zero-order valence-corrected chi connectivity index (χ0v) is 30.0. The minimum atomic E-state index is -7.87. The van der Waals surface area contributed by atoms with Crippen LogP contribution in [0.4, 0.5) is 57.1 Å². The van der Waals surface area contributed by atoms with Gasteiger partial charge in [0.05, 0.1) is 0 Å². The second kappa shape index (κ2) is 16.1. The molecule has 18 heteroatoms. The Bertz CT molecular complexity index is 1110. The van der Waals surface area contributed by atoms with Crippen LogP contribution in [-0.4, -0.2) is 63.9 Å². The van der Waals surface area contributed by atoms with E-state index < -0.39 is 64.6 Å². The molecule has 0 aliphatic carbocycles. The van der Waals surface area contributed by atoms with E-state index in [1.807, 2.05) is 12.1 Å². The summed E-state index contributed by atoms with van der Waals surface area (Å²) < 4.78 is 186. The molecule has 0 aromatic heterocycles. The van der Waals surface area contributed by atoms with Crippen molar-refractivity contribution in [3.63, 3.8) is 0 Å². The summed E-state index contributed by atoms with van der Waals surface area (Å²) in [7, 11) is -4.23. The highest BCUT2D eigenvalue weighted by Crippen LogP contribution is 2.60. The van der Waals surface area contributed by atoms with Crippen LogP contribution in [0.5, 0.6) is 11.5 Å². The van der Waals surface area contributed by atoms with Crippen LogP contribution in [-0.2, 0) is 6.42 Å². The van der Waals surface area contributed by atoms with E-state index in [-0.39, 0.29) is 12.2 Å². The number of thioether (sulfide) groups is 1. The SMILES string of the molecule is CC[Si](CC)(CC)Oc1ccc(CCCSCCC(F)(F)C(F)(F)C(F)(F)C(F)(F)C(F)(F)C(F)(F)F)cc1O[Si](CC)(CC)CC. The smallest absolute Gasteiger partial charge is 0.460 e. The molecule has 2 nitrogen and oxygen atoms in total. The van der Waals surface area contributed by atoms with E-state index in [2.05, 4.69) is 41.5 Å². The molecular formula is C29H43F13O2SSi2. The lowest BCUT2D eigenvalue weighted by molar-refractivity contribution is -0.439. The first-order chi connectivity index (χ1) is 21.4. The van der Waals surface area contributed by atoms with Gasteiger partial charge in [-0.3, -0.25) is 0 Å². The molecule has 0 atom stereocenters. The largest absolute Gasteiger partial charge is 0.541 e. The van der Waals surface area contributed by atoms with Gasteiger partial charge in [-0.15, -0.1) is 0 Å². The summed E-state index contributed by atoms with van der Waals surface area (Å²) in [5.74, 6) is -36.4. The Kier molecular flexibility index (Phi) is 15.0. The predicted octanol–water partition coefficient (Wildman–Crippen LogP) is 12.2. The number of benzene rings is 1. The molecule has 0 saturated heterocycles. The molecule has 0 bridgehead atoms. The molecular weight excluding hydrogens is 716 g/mol. The summed E-state index contributed by atoms with van der Waals surface area (Å²) in [6.45, 7) is 12.4. The highest BCUT2D eigenvalue weighted by Gasteiger charge is 2.90. The van der Waals surface area contributed by atoms with Crippen molar-refractivity contribution in [1.82, 2.24) is 0 Å². The lowest BCUT2D eigenvalue weighted by Gasteiger charge is -2.39. The van der Waals surface area contributed by atoms with Crippen molar-refractivity contribution >= 4 is 28.4 Å². The van der Waals surface area contributed by atoms with E-state index in [9.17, 15) is 57.1 Å². The van der Waals surface area contributed by atoms with Gasteiger partial charge >= 0.3 is 35.8 Å². The van der Waals surface area contributed by atoms with Crippen LogP contribution in [0.1, 0.15) is 59.9 Å². The molecule has 0 saturated carbocycles. The van der Waals surface area contributed by atoms with Crippen LogP contribution in [0, 0.1) is 0 Å². The zero-order chi connectivity index (χ0) is 36.8. The van der Waals surface area contributed by atoms with E-state index >= 15 is 0 Å². The molecule has 47 heavy (non-hydrogen) atoms. The molecule has 0 amide bonds. The molecule has 1 rings (SSSR count). The Morgan fingerprint density at radius 1 is 0.553 bits per heavy atom. The minimum absolute atomic E-state index is 0.0177. The van der Waals surface area contributed by atoms with Gasteiger partial charge in [-0.2, -0.15) is 68.8 Å². The average Bonchev–Trinajstić information content (AvgIpc) is 3.00. The van der Waals surface area contributed by atoms with Crippen LogP contribution < -0.4 is 8.85 Å². The minimum Gasteiger partial charge on any atom is -0.541 e. The molecule has 0 aliphatic heterocycles. The fourth-order valence-electron chi connectivity index (χ4n) is 4.91. The van der Waals surface area contributed by atoms with Gasteiger partial charge in [0.1, 0.15) is 11.5 Å². The highest BCUT2D eigenvalue weighted by atomic mass is 32.2. The number of aryl methyl sites for hydroxylation is 1. The Morgan fingerprint density at radius 3 is 1.40 bits per heavy atom. The van der Waals surface area contributed by atoms with Crippen molar-refractivity contribution in [2.45, 2.75) is 133 Å². The van der Waals surface area contributed by atoms with E-state index in [0.29, 0.717) is 29.7 Å². The van der Waals surface area contributed by atoms with E-state index in [4.69, 9.17) is 8.85 Å². The summed E-state index contributed by atoms with van der Waals surface area (Å²) >= 11 is 0.571. The first-order valence-corrected chi connectivity index (χ1v) is 21.6. The summed E-state index contributed by atoms with van der Waals surface area (Å²) in [6, 6.07) is 10.7. The molecule has 1 aromatic carbocycles. The van der Waals surface area contributed by atoms with Gasteiger partial charge in [-0.1, -0.05) is 47.6 Å². The molecule has 0 unspecified atom stereocenters. The Morgan fingerprint density at radius 2 is 0.979 bits per heavy atom. The Balaban J connectivity index is 3.02. The Labute approximate surface area is 273 Å². The van der Waals surface area contributed by atoms with Crippen LogP contribution in [0.2, 0.25) is 36.3 Å². The Hall–Kier alpha value is -1.31. The third kappa shape index (κ3) is 9.09. The third-order valence-corrected chi connectivity index (χ3v) is 18.9. The molecule has 1 aromatic rings. The monoisotopic (exact) mass is 758 g/mol. The lowest BCUT2D eigenvalue weighted by atomic mass is 9.93. The predicted molar refractivity (Wildman–Crippen MR) is 163 cm³/mol. The zero-order valence-electron chi connectivity index (χ0n) is 27.1. The fourth-order valence-corrected chi connectivity index (χ4v) is 11.0. The van der Waals surface area contributed by atoms with Crippen LogP contribution >= 0.6 is 11.8 Å². The quantitative estimate of drug-likeness (QED) is 0.0707. The number of alkyl halides is 13. The second-order valence-electron chi connectivity index (χ2n) is 11.4. The summed E-state index contributed by atoms with van der Waals surface area (Å²) in [5, 5.41) is 0. The van der Waals surface area contributed by atoms with Crippen LogP contribution in [0.3, 0.4) is 0 Å². The third-order valence-electron chi connectivity index (χ3n) is 8.84. The average molecular weight is 759 g/mol. The number of hydrogen-bond acceptors (Lipinski definition) is 3. The van der Waals surface area contributed by atoms with Gasteiger partial charge in [-0.25, -0.2) is 0 Å². The van der Waals surface area contributed by atoms with E-state index in [1.165, 1.54) is 0 Å². The molecule has 0 radical (unpaired) electrons. The van der Waals surface area contributed by atoms with E-state index in [0.717, 1.165) is 41.8 Å². The molecule has 0 fully saturated rings. The molecule has 276 valence electrons. The summed E-state index contributed by atoms with van der Waals surface area (Å²) in [4.78, 5) is 0. The highest BCUT2D eigenvalue weighted by molar-refractivity contribution is 7.99. The van der Waals surface area contributed by atoms with Gasteiger partial charge < -0.3 is 8.85 Å². The molecule has 0 spiro atoms. The summed E-state index contributed by atoms with van der Waals surface area (Å²) in [5.41, 5.74) is 0.778. The standard InChI is InChI=1S/C29H43F13O2SSi2/c1-7-46(8-2,9-3)43-22-16-15-21(20-23(22)44-47(10-4,11-5)12-6)14-13-18-45-19-17-24(30,31)25(32,33)26(34,35)27(36,37)28(38,39)29(40,41)42/h15-16,20H,7-14,17-19H2,1-6H3. The maximum Gasteiger partial charge on any atom is 0.460 e. The first kappa shape index (κ1) is 43.7. The first-order valence-electron chi connectivity index (χ1n) is 15.4. The maximum absolute atomic E-state index is 14.1. The van der Waals surface area contributed by atoms with Crippen molar-refractivity contribution in [2.75, 3.05) is 11.5 Å². The van der Waals surface area contributed by atoms with Gasteiger partial charge in [0.15, 0.2) is 0 Å². The molecule has 0 heterocycles. The number of halogens is 13. The maximum atomic E-state index is 14.1. The normalized spacial score (nSPS) is 14.4. The fraction of sp³-hybridized carbons (Fsp3) is 0.793. The summed E-state index contributed by atoms with van der Waals surface area (Å²) in [6.07, 6.45) is -8.98. The molecule has 0 N–H and O–H groups in total. The van der Waals surface area contributed by atoms with E-state index in [1.54, 1.807) is 6.07 Å². The number of rotatable bonds is 21. The van der Waals surface area contributed by atoms with Gasteiger partial charge in [0.2, 0.25) is 0 Å². The van der Waals surface area contributed by atoms with Crippen LogP contribution in [0.15, 0.2) is 18.2 Å².